The molecule has 0 fully saturated rings. The maximum Gasteiger partial charge on any atom is 0.308 e. The Morgan fingerprint density at radius 2 is 2.19 bits per heavy atom. The molecular formula is C12H14O4. The minimum absolute atomic E-state index is 0.148. The first-order valence-corrected chi connectivity index (χ1v) is 5.17. The molecule has 1 atom stereocenters. The van der Waals surface area contributed by atoms with Crippen LogP contribution in [0, 0.1) is 5.92 Å². The molecule has 4 heteroatoms. The molecule has 86 valence electrons. The van der Waals surface area contributed by atoms with Crippen LogP contribution in [0.1, 0.15) is 12.5 Å². The highest BCUT2D eigenvalue weighted by Gasteiger charge is 2.17. The van der Waals surface area contributed by atoms with Crippen molar-refractivity contribution in [3.63, 3.8) is 0 Å². The highest BCUT2D eigenvalue weighted by molar-refractivity contribution is 5.72. The van der Waals surface area contributed by atoms with Gasteiger partial charge in [-0.25, -0.2) is 0 Å². The van der Waals surface area contributed by atoms with Crippen molar-refractivity contribution in [3.8, 4) is 11.5 Å². The van der Waals surface area contributed by atoms with E-state index >= 15 is 0 Å². The van der Waals surface area contributed by atoms with Crippen LogP contribution in [0.25, 0.3) is 0 Å². The van der Waals surface area contributed by atoms with Gasteiger partial charge in [-0.05, 0) is 24.1 Å². The van der Waals surface area contributed by atoms with E-state index in [9.17, 15) is 4.79 Å². The first-order valence-electron chi connectivity index (χ1n) is 5.17. The molecule has 0 N–H and O–H groups in total. The number of fused-ring (bicyclic) bond motifs is 1. The van der Waals surface area contributed by atoms with Crippen molar-refractivity contribution < 1.29 is 19.0 Å². The van der Waals surface area contributed by atoms with Crippen LogP contribution in [0.3, 0.4) is 0 Å². The van der Waals surface area contributed by atoms with Gasteiger partial charge in [-0.3, -0.25) is 4.79 Å². The SMILES string of the molecule is COC(=O)C(C)Cc1ccc2c(c1)OCO2. The molecule has 2 rings (SSSR count). The molecule has 0 saturated carbocycles. The fourth-order valence-electron chi connectivity index (χ4n) is 1.71. The minimum atomic E-state index is -0.197. The van der Waals surface area contributed by atoms with Gasteiger partial charge >= 0.3 is 5.97 Å². The van der Waals surface area contributed by atoms with Gasteiger partial charge in [0, 0.05) is 0 Å². The third kappa shape index (κ3) is 2.10. The predicted octanol–water partition coefficient (Wildman–Crippen LogP) is 1.77. The Labute approximate surface area is 94.1 Å². The Bertz CT molecular complexity index is 400. The quantitative estimate of drug-likeness (QED) is 0.731. The zero-order valence-corrected chi connectivity index (χ0v) is 9.36. The Kier molecular flexibility index (Phi) is 2.99. The lowest BCUT2D eigenvalue weighted by Crippen LogP contribution is -2.14. The number of hydrogen-bond acceptors (Lipinski definition) is 4. The Morgan fingerprint density at radius 1 is 1.44 bits per heavy atom. The molecule has 0 saturated heterocycles. The van der Waals surface area contributed by atoms with E-state index in [4.69, 9.17) is 9.47 Å². The summed E-state index contributed by atoms with van der Waals surface area (Å²) in [6.07, 6.45) is 0.642. The lowest BCUT2D eigenvalue weighted by molar-refractivity contribution is -0.144. The van der Waals surface area contributed by atoms with E-state index in [2.05, 4.69) is 4.74 Å². The van der Waals surface area contributed by atoms with E-state index in [1.54, 1.807) is 0 Å². The molecule has 0 radical (unpaired) electrons. The smallest absolute Gasteiger partial charge is 0.308 e. The largest absolute Gasteiger partial charge is 0.469 e. The van der Waals surface area contributed by atoms with Crippen LogP contribution < -0.4 is 9.47 Å². The third-order valence-corrected chi connectivity index (χ3v) is 2.58. The second-order valence-electron chi connectivity index (χ2n) is 3.82. The van der Waals surface area contributed by atoms with Gasteiger partial charge in [0.25, 0.3) is 0 Å². The monoisotopic (exact) mass is 222 g/mol. The van der Waals surface area contributed by atoms with Crippen molar-refractivity contribution in [2.24, 2.45) is 5.92 Å². The van der Waals surface area contributed by atoms with Gasteiger partial charge in [0.1, 0.15) is 0 Å². The van der Waals surface area contributed by atoms with Gasteiger partial charge in [0.05, 0.1) is 13.0 Å². The first kappa shape index (κ1) is 10.8. The van der Waals surface area contributed by atoms with Gasteiger partial charge in [-0.2, -0.15) is 0 Å². The molecule has 1 aliphatic heterocycles. The number of carbonyl (C=O) groups is 1. The van der Waals surface area contributed by atoms with E-state index in [0.29, 0.717) is 6.42 Å². The van der Waals surface area contributed by atoms with E-state index < -0.39 is 0 Å². The lowest BCUT2D eigenvalue weighted by Gasteiger charge is -2.09. The molecule has 1 aromatic carbocycles. The number of benzene rings is 1. The van der Waals surface area contributed by atoms with Crippen LogP contribution in [0.15, 0.2) is 18.2 Å². The Morgan fingerprint density at radius 3 is 2.94 bits per heavy atom. The fraction of sp³-hybridized carbons (Fsp3) is 0.417. The van der Waals surface area contributed by atoms with Crippen molar-refractivity contribution in [1.82, 2.24) is 0 Å². The summed E-state index contributed by atoms with van der Waals surface area (Å²) < 4.78 is 15.2. The number of methoxy groups -OCH3 is 1. The van der Waals surface area contributed by atoms with E-state index in [0.717, 1.165) is 17.1 Å². The summed E-state index contributed by atoms with van der Waals surface area (Å²) in [5.74, 6) is 1.16. The number of esters is 1. The molecule has 0 aliphatic carbocycles. The molecule has 16 heavy (non-hydrogen) atoms. The second kappa shape index (κ2) is 4.43. The number of hydrogen-bond donors (Lipinski definition) is 0. The molecule has 0 amide bonds. The van der Waals surface area contributed by atoms with Crippen molar-refractivity contribution >= 4 is 5.97 Å². The average Bonchev–Trinajstić information content (AvgIpc) is 2.75. The molecule has 1 aromatic rings. The van der Waals surface area contributed by atoms with Crippen LogP contribution in [-0.4, -0.2) is 19.9 Å². The summed E-state index contributed by atoms with van der Waals surface area (Å²) in [4.78, 5) is 11.3. The minimum Gasteiger partial charge on any atom is -0.469 e. The molecule has 0 bridgehead atoms. The van der Waals surface area contributed by atoms with Crippen LogP contribution in [-0.2, 0) is 16.0 Å². The molecular weight excluding hydrogens is 208 g/mol. The molecule has 1 heterocycles. The summed E-state index contributed by atoms with van der Waals surface area (Å²) in [5.41, 5.74) is 1.04. The van der Waals surface area contributed by atoms with Crippen LogP contribution in [0.2, 0.25) is 0 Å². The van der Waals surface area contributed by atoms with E-state index in [1.807, 2.05) is 25.1 Å². The molecule has 0 aromatic heterocycles. The number of carbonyl (C=O) groups excluding carboxylic acids is 1. The predicted molar refractivity (Wildman–Crippen MR) is 57.4 cm³/mol. The van der Waals surface area contributed by atoms with Crippen molar-refractivity contribution in [1.29, 1.82) is 0 Å². The summed E-state index contributed by atoms with van der Waals surface area (Å²) in [5, 5.41) is 0. The Hall–Kier alpha value is -1.71. The maximum absolute atomic E-state index is 11.3. The standard InChI is InChI=1S/C12H14O4/c1-8(12(13)14-2)5-9-3-4-10-11(6-9)16-7-15-10/h3-4,6,8H,5,7H2,1-2H3. The van der Waals surface area contributed by atoms with Gasteiger partial charge in [0.2, 0.25) is 6.79 Å². The van der Waals surface area contributed by atoms with E-state index in [1.165, 1.54) is 7.11 Å². The zero-order valence-electron chi connectivity index (χ0n) is 9.36. The van der Waals surface area contributed by atoms with Crippen molar-refractivity contribution in [2.75, 3.05) is 13.9 Å². The average molecular weight is 222 g/mol. The maximum atomic E-state index is 11.3. The highest BCUT2D eigenvalue weighted by atomic mass is 16.7. The zero-order chi connectivity index (χ0) is 11.5. The second-order valence-corrected chi connectivity index (χ2v) is 3.82. The topological polar surface area (TPSA) is 44.8 Å². The molecule has 1 unspecified atom stereocenters. The normalized spacial score (nSPS) is 14.6. The molecule has 4 nitrogen and oxygen atoms in total. The highest BCUT2D eigenvalue weighted by Crippen LogP contribution is 2.33. The lowest BCUT2D eigenvalue weighted by atomic mass is 10.0. The fourth-order valence-corrected chi connectivity index (χ4v) is 1.71. The van der Waals surface area contributed by atoms with Gasteiger partial charge in [-0.1, -0.05) is 13.0 Å². The summed E-state index contributed by atoms with van der Waals surface area (Å²) in [6, 6.07) is 5.70. The third-order valence-electron chi connectivity index (χ3n) is 2.58. The summed E-state index contributed by atoms with van der Waals surface area (Å²) >= 11 is 0. The van der Waals surface area contributed by atoms with Crippen molar-refractivity contribution in [3.05, 3.63) is 23.8 Å². The van der Waals surface area contributed by atoms with Crippen LogP contribution in [0.4, 0.5) is 0 Å². The van der Waals surface area contributed by atoms with Crippen LogP contribution >= 0.6 is 0 Å². The van der Waals surface area contributed by atoms with Gasteiger partial charge < -0.3 is 14.2 Å². The van der Waals surface area contributed by atoms with Crippen molar-refractivity contribution in [2.45, 2.75) is 13.3 Å². The Balaban J connectivity index is 2.08. The summed E-state index contributed by atoms with van der Waals surface area (Å²) in [7, 11) is 1.40. The van der Waals surface area contributed by atoms with Crippen LogP contribution in [0.5, 0.6) is 11.5 Å². The molecule has 1 aliphatic rings. The van der Waals surface area contributed by atoms with E-state index in [-0.39, 0.29) is 18.7 Å². The number of rotatable bonds is 3. The first-order chi connectivity index (χ1) is 7.70. The van der Waals surface area contributed by atoms with Gasteiger partial charge in [0.15, 0.2) is 11.5 Å². The summed E-state index contributed by atoms with van der Waals surface area (Å²) in [6.45, 7) is 2.11. The van der Waals surface area contributed by atoms with Gasteiger partial charge in [-0.15, -0.1) is 0 Å². The molecule has 0 spiro atoms. The number of ether oxygens (including phenoxy) is 3.